The summed E-state index contributed by atoms with van der Waals surface area (Å²) in [5.41, 5.74) is 10.8. The third-order valence-electron chi connectivity index (χ3n) is 4.41. The molecule has 5 heteroatoms. The van der Waals surface area contributed by atoms with Crippen LogP contribution in [-0.2, 0) is 6.54 Å². The monoisotopic (exact) mass is 349 g/mol. The maximum Gasteiger partial charge on any atom is 0.143 e. The van der Waals surface area contributed by atoms with E-state index in [9.17, 15) is 0 Å². The van der Waals surface area contributed by atoms with Crippen LogP contribution in [0.25, 0.3) is 21.0 Å². The van der Waals surface area contributed by atoms with Crippen LogP contribution >= 0.6 is 11.3 Å². The Bertz CT molecular complexity index is 1050. The average molecular weight is 349 g/mol. The van der Waals surface area contributed by atoms with Crippen molar-refractivity contribution in [3.8, 4) is 5.75 Å². The minimum Gasteiger partial charge on any atom is -0.495 e. The number of nitrogens with zero attached hydrogens (tertiary/aromatic N) is 1. The number of methoxy groups -OCH3 is 1. The number of anilines is 2. The summed E-state index contributed by atoms with van der Waals surface area (Å²) in [6.45, 7) is 2.60. The van der Waals surface area contributed by atoms with Gasteiger partial charge in [0.1, 0.15) is 5.75 Å². The van der Waals surface area contributed by atoms with Gasteiger partial charge in [-0.15, -0.1) is 11.3 Å². The number of ether oxygens (including phenoxy) is 1. The molecule has 0 bridgehead atoms. The fraction of sp³-hybridized carbons (Fsp3) is 0.150. The number of aryl methyl sites for hydroxylation is 1. The first-order valence-corrected chi connectivity index (χ1v) is 8.98. The van der Waals surface area contributed by atoms with Gasteiger partial charge in [-0.05, 0) is 47.7 Å². The highest BCUT2D eigenvalue weighted by Gasteiger charge is 2.16. The van der Waals surface area contributed by atoms with Crippen LogP contribution in [0.4, 0.5) is 11.4 Å². The van der Waals surface area contributed by atoms with E-state index in [1.54, 1.807) is 18.4 Å². The molecule has 0 radical (unpaired) electrons. The summed E-state index contributed by atoms with van der Waals surface area (Å²) < 4.78 is 6.84. The summed E-state index contributed by atoms with van der Waals surface area (Å²) in [5.74, 6) is 0.813. The summed E-state index contributed by atoms with van der Waals surface area (Å²) in [4.78, 5) is 4.68. The zero-order valence-corrected chi connectivity index (χ0v) is 15.0. The average Bonchev–Trinajstić information content (AvgIpc) is 3.13. The van der Waals surface area contributed by atoms with E-state index in [1.165, 1.54) is 10.1 Å². The molecule has 126 valence electrons. The fourth-order valence-corrected chi connectivity index (χ4v) is 3.87. The minimum atomic E-state index is 0.538. The first-order valence-electron chi connectivity index (χ1n) is 8.11. The van der Waals surface area contributed by atoms with Crippen molar-refractivity contribution >= 4 is 43.7 Å². The van der Waals surface area contributed by atoms with E-state index in [0.29, 0.717) is 6.54 Å². The molecule has 0 unspecified atom stereocenters. The van der Waals surface area contributed by atoms with Gasteiger partial charge in [0.2, 0.25) is 0 Å². The molecule has 0 aliphatic rings. The van der Waals surface area contributed by atoms with E-state index >= 15 is 0 Å². The Morgan fingerprint density at radius 1 is 1.20 bits per heavy atom. The normalized spacial score (nSPS) is 11.2. The molecule has 2 aromatic heterocycles. The van der Waals surface area contributed by atoms with Gasteiger partial charge in [-0.2, -0.15) is 0 Å². The largest absolute Gasteiger partial charge is 0.495 e. The summed E-state index contributed by atoms with van der Waals surface area (Å²) in [5, 5.41) is 7.91. The first kappa shape index (κ1) is 15.9. The van der Waals surface area contributed by atoms with Crippen molar-refractivity contribution in [2.24, 2.45) is 5.73 Å². The summed E-state index contributed by atoms with van der Waals surface area (Å²) >= 11 is 1.70. The third kappa shape index (κ3) is 2.71. The predicted octanol–water partition coefficient (Wildman–Crippen LogP) is 4.97. The standard InChI is InChI=1S/C20H19N3OS/c1-12-9-16(24-2)20(23-14-5-3-13(10-21)4-6-14)18-15-7-8-25-17(15)11-22-19(12)18/h3-9,11,23H,10,21H2,1-2H3. The zero-order valence-electron chi connectivity index (χ0n) is 14.2. The molecule has 3 N–H and O–H groups in total. The molecule has 0 aliphatic carbocycles. The van der Waals surface area contributed by atoms with Gasteiger partial charge >= 0.3 is 0 Å². The number of pyridine rings is 1. The van der Waals surface area contributed by atoms with Crippen LogP contribution in [0.5, 0.6) is 5.75 Å². The maximum absolute atomic E-state index is 5.69. The van der Waals surface area contributed by atoms with Crippen LogP contribution in [0.3, 0.4) is 0 Å². The Labute approximate surface area is 150 Å². The first-order chi connectivity index (χ1) is 12.2. The number of aromatic nitrogens is 1. The van der Waals surface area contributed by atoms with E-state index in [2.05, 4.69) is 28.7 Å². The molecule has 0 spiro atoms. The van der Waals surface area contributed by atoms with Crippen molar-refractivity contribution in [1.29, 1.82) is 0 Å². The van der Waals surface area contributed by atoms with Crippen LogP contribution in [-0.4, -0.2) is 12.1 Å². The van der Waals surface area contributed by atoms with E-state index in [4.69, 9.17) is 10.5 Å². The molecule has 0 aliphatic heterocycles. The second-order valence-corrected chi connectivity index (χ2v) is 6.92. The number of rotatable bonds is 4. The molecule has 4 rings (SSSR count). The van der Waals surface area contributed by atoms with Gasteiger partial charge in [0.15, 0.2) is 0 Å². The number of nitrogens with two attached hydrogens (primary N) is 1. The molecule has 4 nitrogen and oxygen atoms in total. The molecule has 0 amide bonds. The van der Waals surface area contributed by atoms with Crippen LogP contribution < -0.4 is 15.8 Å². The van der Waals surface area contributed by atoms with E-state index in [0.717, 1.165) is 39.2 Å². The molecule has 2 aromatic carbocycles. The minimum absolute atomic E-state index is 0.538. The molecule has 0 saturated heterocycles. The van der Waals surface area contributed by atoms with Crippen LogP contribution in [0, 0.1) is 6.92 Å². The van der Waals surface area contributed by atoms with E-state index in [-0.39, 0.29) is 0 Å². The van der Waals surface area contributed by atoms with Gasteiger partial charge in [0, 0.05) is 29.2 Å². The zero-order chi connectivity index (χ0) is 17.4. The molecular formula is C20H19N3OS. The third-order valence-corrected chi connectivity index (χ3v) is 5.26. The summed E-state index contributed by atoms with van der Waals surface area (Å²) in [7, 11) is 1.70. The Hall–Kier alpha value is -2.63. The maximum atomic E-state index is 5.69. The topological polar surface area (TPSA) is 60.2 Å². The number of hydrogen-bond donors (Lipinski definition) is 2. The number of fused-ring (bicyclic) bond motifs is 3. The van der Waals surface area contributed by atoms with Crippen molar-refractivity contribution in [3.63, 3.8) is 0 Å². The molecule has 0 saturated carbocycles. The van der Waals surface area contributed by atoms with E-state index < -0.39 is 0 Å². The van der Waals surface area contributed by atoms with Gasteiger partial charge < -0.3 is 15.8 Å². The predicted molar refractivity (Wildman–Crippen MR) is 106 cm³/mol. The molecule has 0 atom stereocenters. The second-order valence-electron chi connectivity index (χ2n) is 5.98. The smallest absolute Gasteiger partial charge is 0.143 e. The van der Waals surface area contributed by atoms with Crippen molar-refractivity contribution in [1.82, 2.24) is 4.98 Å². The van der Waals surface area contributed by atoms with Crippen LogP contribution in [0.15, 0.2) is 48.0 Å². The van der Waals surface area contributed by atoms with E-state index in [1.807, 2.05) is 36.5 Å². The van der Waals surface area contributed by atoms with Crippen molar-refractivity contribution < 1.29 is 4.74 Å². The van der Waals surface area contributed by atoms with Gasteiger partial charge in [0.25, 0.3) is 0 Å². The lowest BCUT2D eigenvalue weighted by Crippen LogP contribution is -2.00. The lowest BCUT2D eigenvalue weighted by molar-refractivity contribution is 0.417. The second kappa shape index (κ2) is 6.35. The molecular weight excluding hydrogens is 330 g/mol. The highest BCUT2D eigenvalue weighted by molar-refractivity contribution is 7.17. The lowest BCUT2D eigenvalue weighted by atomic mass is 10.0. The Morgan fingerprint density at radius 2 is 2.00 bits per heavy atom. The molecule has 25 heavy (non-hydrogen) atoms. The number of thiophene rings is 1. The van der Waals surface area contributed by atoms with Crippen LogP contribution in [0.2, 0.25) is 0 Å². The van der Waals surface area contributed by atoms with Gasteiger partial charge in [-0.1, -0.05) is 12.1 Å². The number of nitrogens with one attached hydrogen (secondary N) is 1. The fourth-order valence-electron chi connectivity index (χ4n) is 3.11. The van der Waals surface area contributed by atoms with Gasteiger partial charge in [-0.3, -0.25) is 4.98 Å². The number of benzene rings is 2. The summed E-state index contributed by atoms with van der Waals surface area (Å²) in [6, 6.07) is 12.3. The highest BCUT2D eigenvalue weighted by atomic mass is 32.1. The van der Waals surface area contributed by atoms with Crippen LogP contribution in [0.1, 0.15) is 11.1 Å². The lowest BCUT2D eigenvalue weighted by Gasteiger charge is -2.16. The Kier molecular flexibility index (Phi) is 4.03. The summed E-state index contributed by atoms with van der Waals surface area (Å²) in [6.07, 6.45) is 1.95. The SMILES string of the molecule is COc1cc(C)c2ncc3sccc3c2c1Nc1ccc(CN)cc1. The molecule has 0 fully saturated rings. The Morgan fingerprint density at radius 3 is 2.72 bits per heavy atom. The Balaban J connectivity index is 1.96. The van der Waals surface area contributed by atoms with Gasteiger partial charge in [-0.25, -0.2) is 0 Å². The highest BCUT2D eigenvalue weighted by Crippen LogP contribution is 2.41. The molecule has 2 heterocycles. The van der Waals surface area contributed by atoms with Crippen molar-refractivity contribution in [2.45, 2.75) is 13.5 Å². The molecule has 4 aromatic rings. The number of hydrogen-bond acceptors (Lipinski definition) is 5. The quantitative estimate of drug-likeness (QED) is 0.546. The van der Waals surface area contributed by atoms with Crippen molar-refractivity contribution in [2.75, 3.05) is 12.4 Å². The van der Waals surface area contributed by atoms with Gasteiger partial charge in [0.05, 0.1) is 23.0 Å². The van der Waals surface area contributed by atoms with Crippen molar-refractivity contribution in [3.05, 3.63) is 59.1 Å².